The van der Waals surface area contributed by atoms with E-state index in [0.717, 1.165) is 25.1 Å². The zero-order valence-electron chi connectivity index (χ0n) is 20.7. The number of nitrogens with two attached hydrogens (primary N) is 1. The van der Waals surface area contributed by atoms with Gasteiger partial charge in [-0.1, -0.05) is 25.1 Å². The number of rotatable bonds is 6. The van der Waals surface area contributed by atoms with Crippen molar-refractivity contribution < 1.29 is 19.1 Å². The number of nitrogens with zero attached hydrogens (tertiary/aromatic N) is 2. The predicted octanol–water partition coefficient (Wildman–Crippen LogP) is 5.25. The average Bonchev–Trinajstić information content (AvgIpc) is 2.79. The van der Waals surface area contributed by atoms with Crippen LogP contribution in [0.1, 0.15) is 65.4 Å². The minimum Gasteiger partial charge on any atom is -0.465 e. The first-order valence-electron chi connectivity index (χ1n) is 11.4. The highest BCUT2D eigenvalue weighted by Crippen LogP contribution is 2.29. The van der Waals surface area contributed by atoms with Gasteiger partial charge >= 0.3 is 12.1 Å². The average molecular weight is 456 g/mol. The fraction of sp³-hybridized carbons (Fsp3) is 0.500. The van der Waals surface area contributed by atoms with Gasteiger partial charge in [0.2, 0.25) is 0 Å². The minimum absolute atomic E-state index is 0.253. The molecule has 1 aliphatic rings. The summed E-state index contributed by atoms with van der Waals surface area (Å²) in [4.78, 5) is 30.7. The molecule has 180 valence electrons. The number of hydrogen-bond acceptors (Lipinski definition) is 6. The molecule has 0 aromatic heterocycles. The van der Waals surface area contributed by atoms with Crippen molar-refractivity contribution in [1.29, 1.82) is 0 Å². The molecule has 1 atom stereocenters. The van der Waals surface area contributed by atoms with Gasteiger partial charge < -0.3 is 20.1 Å². The van der Waals surface area contributed by atoms with Crippen LogP contribution in [0, 0.1) is 0 Å². The van der Waals surface area contributed by atoms with Crippen LogP contribution in [0.2, 0.25) is 0 Å². The molecule has 2 rings (SSSR count). The van der Waals surface area contributed by atoms with Crippen LogP contribution in [0.5, 0.6) is 0 Å². The molecule has 1 aromatic rings. The van der Waals surface area contributed by atoms with Crippen molar-refractivity contribution in [2.45, 2.75) is 65.4 Å². The number of methoxy groups -OCH3 is 1. The smallest absolute Gasteiger partial charge is 0.410 e. The van der Waals surface area contributed by atoms with E-state index in [4.69, 9.17) is 15.2 Å². The number of carbonyl (C=O) groups is 2. The van der Waals surface area contributed by atoms with Crippen LogP contribution in [0.25, 0.3) is 0 Å². The van der Waals surface area contributed by atoms with Crippen LogP contribution in [0.4, 0.5) is 10.5 Å². The summed E-state index contributed by atoms with van der Waals surface area (Å²) < 4.78 is 10.3. The third-order valence-corrected chi connectivity index (χ3v) is 5.37. The summed E-state index contributed by atoms with van der Waals surface area (Å²) in [7, 11) is 1.34. The van der Waals surface area contributed by atoms with Gasteiger partial charge in [0.05, 0.1) is 24.1 Å². The molecule has 1 aliphatic heterocycles. The van der Waals surface area contributed by atoms with Crippen molar-refractivity contribution in [3.05, 3.63) is 52.7 Å². The summed E-state index contributed by atoms with van der Waals surface area (Å²) in [5, 5.41) is 0. The fourth-order valence-corrected chi connectivity index (χ4v) is 3.64. The van der Waals surface area contributed by atoms with Gasteiger partial charge in [0.25, 0.3) is 0 Å². The Morgan fingerprint density at radius 2 is 1.91 bits per heavy atom. The van der Waals surface area contributed by atoms with Gasteiger partial charge in [0.1, 0.15) is 5.60 Å². The Hall–Kier alpha value is -3.09. The maximum absolute atomic E-state index is 12.4. The van der Waals surface area contributed by atoms with Crippen molar-refractivity contribution in [3.63, 3.8) is 0 Å². The molecule has 0 aliphatic carbocycles. The minimum atomic E-state index is -0.496. The van der Waals surface area contributed by atoms with E-state index in [-0.39, 0.29) is 12.0 Å². The summed E-state index contributed by atoms with van der Waals surface area (Å²) in [5.74, 6) is -0.192. The first kappa shape index (κ1) is 26.2. The quantitative estimate of drug-likeness (QED) is 0.274. The number of amides is 1. The van der Waals surface area contributed by atoms with E-state index in [1.165, 1.54) is 12.7 Å². The SMILES string of the molecule is CC/C=C(C(=O)OC)\C(N)=C(/C)C=Nc1ccc(C2CCCN(C(=O)OC(C)(C)C)C2)cc1. The summed E-state index contributed by atoms with van der Waals surface area (Å²) in [6.45, 7) is 10.8. The van der Waals surface area contributed by atoms with Gasteiger partial charge in [0, 0.05) is 25.2 Å². The molecule has 33 heavy (non-hydrogen) atoms. The molecule has 7 nitrogen and oxygen atoms in total. The van der Waals surface area contributed by atoms with Gasteiger partial charge in [-0.15, -0.1) is 0 Å². The van der Waals surface area contributed by atoms with E-state index in [2.05, 4.69) is 17.1 Å². The van der Waals surface area contributed by atoms with Crippen LogP contribution in [0.15, 0.2) is 52.2 Å². The van der Waals surface area contributed by atoms with Gasteiger partial charge in [-0.3, -0.25) is 4.99 Å². The summed E-state index contributed by atoms with van der Waals surface area (Å²) >= 11 is 0. The van der Waals surface area contributed by atoms with Gasteiger partial charge in [-0.05, 0) is 70.2 Å². The molecule has 1 fully saturated rings. The van der Waals surface area contributed by atoms with Crippen LogP contribution >= 0.6 is 0 Å². The van der Waals surface area contributed by atoms with Crippen LogP contribution in [-0.2, 0) is 14.3 Å². The van der Waals surface area contributed by atoms with E-state index < -0.39 is 11.6 Å². The molecule has 1 unspecified atom stereocenters. The van der Waals surface area contributed by atoms with Crippen molar-refractivity contribution in [1.82, 2.24) is 4.90 Å². The Labute approximate surface area is 197 Å². The van der Waals surface area contributed by atoms with Crippen molar-refractivity contribution >= 4 is 24.0 Å². The molecule has 0 saturated carbocycles. The number of allylic oxidation sites excluding steroid dienone is 2. The van der Waals surface area contributed by atoms with Crippen molar-refractivity contribution in [2.75, 3.05) is 20.2 Å². The highest BCUT2D eigenvalue weighted by atomic mass is 16.6. The maximum atomic E-state index is 12.4. The standard InChI is InChI=1S/C26H37N3O4/c1-7-9-22(24(30)32-6)23(27)18(2)16-28-21-13-11-19(12-14-21)20-10-8-15-29(17-20)25(31)33-26(3,4)5/h9,11-14,16,20H,7-8,10,15,17,27H2,1-6H3/b22-9+,23-18-,28-16?. The first-order chi connectivity index (χ1) is 15.6. The van der Waals surface area contributed by atoms with Crippen LogP contribution in [0.3, 0.4) is 0 Å². The molecule has 1 saturated heterocycles. The number of benzene rings is 1. The fourth-order valence-electron chi connectivity index (χ4n) is 3.64. The summed E-state index contributed by atoms with van der Waals surface area (Å²) in [6.07, 6.45) is 5.79. The number of esters is 1. The molecule has 1 aromatic carbocycles. The molecule has 2 N–H and O–H groups in total. The van der Waals surface area contributed by atoms with E-state index >= 15 is 0 Å². The molecule has 7 heteroatoms. The zero-order valence-corrected chi connectivity index (χ0v) is 20.7. The molecule has 1 amide bonds. The van der Waals surface area contributed by atoms with Crippen molar-refractivity contribution in [2.24, 2.45) is 10.7 Å². The topological polar surface area (TPSA) is 94.2 Å². The second kappa shape index (κ2) is 11.7. The van der Waals surface area contributed by atoms with Gasteiger partial charge in [-0.2, -0.15) is 0 Å². The second-order valence-electron chi connectivity index (χ2n) is 9.23. The Bertz CT molecular complexity index is 924. The molecule has 0 spiro atoms. The number of ether oxygens (including phenoxy) is 2. The third-order valence-electron chi connectivity index (χ3n) is 5.37. The Balaban J connectivity index is 2.09. The molecule has 0 radical (unpaired) electrons. The predicted molar refractivity (Wildman–Crippen MR) is 132 cm³/mol. The third kappa shape index (κ3) is 7.77. The van der Waals surface area contributed by atoms with Crippen LogP contribution < -0.4 is 5.73 Å². The number of hydrogen-bond donors (Lipinski definition) is 1. The number of piperidine rings is 1. The summed E-state index contributed by atoms with van der Waals surface area (Å²) in [5.41, 5.74) is 9.01. The van der Waals surface area contributed by atoms with Gasteiger partial charge in [0.15, 0.2) is 0 Å². The lowest BCUT2D eigenvalue weighted by molar-refractivity contribution is -0.135. The van der Waals surface area contributed by atoms with E-state index in [1.807, 2.05) is 46.8 Å². The van der Waals surface area contributed by atoms with E-state index in [9.17, 15) is 9.59 Å². The second-order valence-corrected chi connectivity index (χ2v) is 9.23. The van der Waals surface area contributed by atoms with Crippen molar-refractivity contribution in [3.8, 4) is 0 Å². The first-order valence-corrected chi connectivity index (χ1v) is 11.4. The number of aliphatic imine (C=N–C) groups is 1. The lowest BCUT2D eigenvalue weighted by atomic mass is 9.91. The lowest BCUT2D eigenvalue weighted by Gasteiger charge is -2.34. The lowest BCUT2D eigenvalue weighted by Crippen LogP contribution is -2.42. The van der Waals surface area contributed by atoms with E-state index in [1.54, 1.807) is 17.2 Å². The Morgan fingerprint density at radius 1 is 1.24 bits per heavy atom. The normalized spacial score (nSPS) is 18.2. The van der Waals surface area contributed by atoms with E-state index in [0.29, 0.717) is 29.8 Å². The monoisotopic (exact) mass is 455 g/mol. The molecule has 1 heterocycles. The highest BCUT2D eigenvalue weighted by molar-refractivity contribution is 5.96. The number of carbonyl (C=O) groups excluding carboxylic acids is 2. The highest BCUT2D eigenvalue weighted by Gasteiger charge is 2.28. The Morgan fingerprint density at radius 3 is 2.48 bits per heavy atom. The molecular formula is C26H37N3O4. The number of likely N-dealkylation sites (tertiary alicyclic amines) is 1. The van der Waals surface area contributed by atoms with Gasteiger partial charge in [-0.25, -0.2) is 9.59 Å². The molecule has 0 bridgehead atoms. The Kier molecular flexibility index (Phi) is 9.26. The maximum Gasteiger partial charge on any atom is 0.410 e. The molecular weight excluding hydrogens is 418 g/mol. The summed E-state index contributed by atoms with van der Waals surface area (Å²) in [6, 6.07) is 8.00. The van der Waals surface area contributed by atoms with Crippen LogP contribution in [-0.4, -0.2) is 49.0 Å². The zero-order chi connectivity index (χ0) is 24.6. The largest absolute Gasteiger partial charge is 0.465 e.